The number of carbonyl (C=O) groups excluding carboxylic acids is 1. The van der Waals surface area contributed by atoms with Crippen LogP contribution in [-0.4, -0.2) is 10.1 Å². The molecule has 0 N–H and O–H groups in total. The smallest absolute Gasteiger partial charge is 0.199 e. The predicted octanol–water partition coefficient (Wildman–Crippen LogP) is 3.39. The van der Waals surface area contributed by atoms with Crippen molar-refractivity contribution in [3.05, 3.63) is 24.4 Å². The molecule has 0 saturated heterocycles. The summed E-state index contributed by atoms with van der Waals surface area (Å²) >= 11 is 0. The molecule has 0 aliphatic rings. The van der Waals surface area contributed by atoms with E-state index < -0.39 is 0 Å². The number of aromatic nitrogens is 1. The van der Waals surface area contributed by atoms with E-state index in [0.29, 0.717) is 6.42 Å². The molecule has 0 radical (unpaired) electrons. The van der Waals surface area contributed by atoms with Crippen LogP contribution in [0.3, 0.4) is 0 Å². The standard InChI is InChI=1S/C8H9NOS2.CH4/c1-2-8(10)12-11-7-5-3-4-6-9-7;/h3-6H,2H2,1H3;1H4. The first-order chi connectivity index (χ1) is 5.83. The van der Waals surface area contributed by atoms with Gasteiger partial charge in [0.15, 0.2) is 5.12 Å². The molecule has 0 aliphatic heterocycles. The van der Waals surface area contributed by atoms with Gasteiger partial charge in [0, 0.05) is 12.6 Å². The van der Waals surface area contributed by atoms with E-state index in [9.17, 15) is 4.79 Å². The Bertz CT molecular complexity index is 251. The second-order valence-electron chi connectivity index (χ2n) is 2.06. The molecular weight excluding hydrogens is 202 g/mol. The van der Waals surface area contributed by atoms with Gasteiger partial charge in [-0.2, -0.15) is 0 Å². The van der Waals surface area contributed by atoms with Crippen molar-refractivity contribution in [1.82, 2.24) is 4.98 Å². The lowest BCUT2D eigenvalue weighted by molar-refractivity contribution is -0.110. The summed E-state index contributed by atoms with van der Waals surface area (Å²) in [4.78, 5) is 15.0. The highest BCUT2D eigenvalue weighted by molar-refractivity contribution is 8.82. The number of nitrogens with zero attached hydrogens (tertiary/aromatic N) is 1. The Morgan fingerprint density at radius 3 is 2.85 bits per heavy atom. The Balaban J connectivity index is 0.00000144. The number of hydrogen-bond donors (Lipinski definition) is 0. The summed E-state index contributed by atoms with van der Waals surface area (Å²) in [5.74, 6) is 0. The van der Waals surface area contributed by atoms with Crippen molar-refractivity contribution in [2.24, 2.45) is 0 Å². The second kappa shape index (κ2) is 6.97. The highest BCUT2D eigenvalue weighted by Gasteiger charge is 2.00. The summed E-state index contributed by atoms with van der Waals surface area (Å²) < 4.78 is 0. The molecule has 0 atom stereocenters. The molecule has 1 aromatic rings. The lowest BCUT2D eigenvalue weighted by atomic mass is 10.5. The predicted molar refractivity (Wildman–Crippen MR) is 59.7 cm³/mol. The van der Waals surface area contributed by atoms with Gasteiger partial charge in [-0.1, -0.05) is 20.4 Å². The molecule has 0 unspecified atom stereocenters. The normalized spacial score (nSPS) is 9.00. The fourth-order valence-electron chi connectivity index (χ4n) is 0.544. The van der Waals surface area contributed by atoms with Gasteiger partial charge in [-0.25, -0.2) is 4.98 Å². The number of pyridine rings is 1. The molecule has 1 heterocycles. The maximum Gasteiger partial charge on any atom is 0.199 e. The summed E-state index contributed by atoms with van der Waals surface area (Å²) in [5, 5.41) is 1.06. The van der Waals surface area contributed by atoms with Crippen molar-refractivity contribution in [3.8, 4) is 0 Å². The van der Waals surface area contributed by atoms with Crippen LogP contribution >= 0.6 is 21.6 Å². The van der Waals surface area contributed by atoms with Gasteiger partial charge in [0.1, 0.15) is 5.03 Å². The summed E-state index contributed by atoms with van der Waals surface area (Å²) in [6.45, 7) is 1.86. The van der Waals surface area contributed by atoms with Crippen molar-refractivity contribution in [1.29, 1.82) is 0 Å². The van der Waals surface area contributed by atoms with Gasteiger partial charge >= 0.3 is 0 Å². The SMILES string of the molecule is C.CCC(=O)SSc1ccccn1. The second-order valence-corrected chi connectivity index (χ2v) is 4.27. The first-order valence-corrected chi connectivity index (χ1v) is 5.76. The van der Waals surface area contributed by atoms with Crippen molar-refractivity contribution in [3.63, 3.8) is 0 Å². The quantitative estimate of drug-likeness (QED) is 0.723. The van der Waals surface area contributed by atoms with Gasteiger partial charge in [0.2, 0.25) is 0 Å². The molecule has 0 fully saturated rings. The van der Waals surface area contributed by atoms with E-state index in [1.165, 1.54) is 21.6 Å². The highest BCUT2D eigenvalue weighted by Crippen LogP contribution is 2.30. The zero-order chi connectivity index (χ0) is 8.81. The Hall–Kier alpha value is -0.480. The fourth-order valence-corrected chi connectivity index (χ4v) is 2.26. The average molecular weight is 215 g/mol. The summed E-state index contributed by atoms with van der Waals surface area (Å²) in [7, 11) is 2.65. The molecule has 1 rings (SSSR count). The lowest BCUT2D eigenvalue weighted by Crippen LogP contribution is -1.83. The molecule has 0 saturated carbocycles. The minimum Gasteiger partial charge on any atom is -0.286 e. The third-order valence-electron chi connectivity index (χ3n) is 1.15. The molecule has 13 heavy (non-hydrogen) atoms. The van der Waals surface area contributed by atoms with Gasteiger partial charge < -0.3 is 0 Å². The minimum absolute atomic E-state index is 0. The van der Waals surface area contributed by atoms with Crippen molar-refractivity contribution in [2.45, 2.75) is 25.8 Å². The van der Waals surface area contributed by atoms with E-state index in [1.54, 1.807) is 6.20 Å². The number of rotatable bonds is 3. The zero-order valence-corrected chi connectivity index (χ0v) is 8.32. The van der Waals surface area contributed by atoms with Gasteiger partial charge in [-0.05, 0) is 33.7 Å². The zero-order valence-electron chi connectivity index (χ0n) is 6.69. The summed E-state index contributed by atoms with van der Waals surface area (Å²) in [6.07, 6.45) is 2.30. The van der Waals surface area contributed by atoms with Gasteiger partial charge in [0.05, 0.1) is 0 Å². The first kappa shape index (κ1) is 12.5. The molecule has 1 aromatic heterocycles. The molecule has 2 nitrogen and oxygen atoms in total. The third-order valence-corrected chi connectivity index (χ3v) is 3.44. The van der Waals surface area contributed by atoms with Crippen LogP contribution in [0.4, 0.5) is 0 Å². The van der Waals surface area contributed by atoms with Crippen LogP contribution in [0.2, 0.25) is 0 Å². The van der Waals surface area contributed by atoms with E-state index in [2.05, 4.69) is 4.98 Å². The van der Waals surface area contributed by atoms with Crippen LogP contribution in [0.25, 0.3) is 0 Å². The maximum atomic E-state index is 10.9. The Kier molecular flexibility index (Phi) is 6.72. The molecule has 0 bridgehead atoms. The van der Waals surface area contributed by atoms with E-state index in [1.807, 2.05) is 25.1 Å². The van der Waals surface area contributed by atoms with Crippen LogP contribution in [0.1, 0.15) is 20.8 Å². The van der Waals surface area contributed by atoms with Gasteiger partial charge in [0.25, 0.3) is 0 Å². The van der Waals surface area contributed by atoms with Crippen LogP contribution in [-0.2, 0) is 4.79 Å². The monoisotopic (exact) mass is 215 g/mol. The van der Waals surface area contributed by atoms with Crippen molar-refractivity contribution < 1.29 is 4.79 Å². The van der Waals surface area contributed by atoms with Gasteiger partial charge in [-0.15, -0.1) is 0 Å². The average Bonchev–Trinajstić information content (AvgIpc) is 2.16. The largest absolute Gasteiger partial charge is 0.286 e. The van der Waals surface area contributed by atoms with E-state index in [-0.39, 0.29) is 12.5 Å². The van der Waals surface area contributed by atoms with Crippen LogP contribution < -0.4 is 0 Å². The third kappa shape index (κ3) is 4.95. The summed E-state index contributed by atoms with van der Waals surface area (Å²) in [5.41, 5.74) is 0. The molecular formula is C9H13NOS2. The van der Waals surface area contributed by atoms with Crippen LogP contribution in [0.5, 0.6) is 0 Å². The number of carbonyl (C=O) groups is 1. The van der Waals surface area contributed by atoms with Crippen molar-refractivity contribution in [2.75, 3.05) is 0 Å². The lowest BCUT2D eigenvalue weighted by Gasteiger charge is -1.95. The Morgan fingerprint density at radius 1 is 1.54 bits per heavy atom. The first-order valence-electron chi connectivity index (χ1n) is 3.61. The molecule has 72 valence electrons. The van der Waals surface area contributed by atoms with E-state index in [4.69, 9.17) is 0 Å². The Labute approximate surface area is 86.9 Å². The minimum atomic E-state index is 0. The molecule has 0 aromatic carbocycles. The fraction of sp³-hybridized carbons (Fsp3) is 0.333. The molecule has 4 heteroatoms. The molecule has 0 aliphatic carbocycles. The van der Waals surface area contributed by atoms with E-state index in [0.717, 1.165) is 5.03 Å². The molecule has 0 spiro atoms. The molecule has 0 amide bonds. The highest BCUT2D eigenvalue weighted by atomic mass is 33.1. The summed E-state index contributed by atoms with van der Waals surface area (Å²) in [6, 6.07) is 5.66. The van der Waals surface area contributed by atoms with Crippen LogP contribution in [0, 0.1) is 0 Å². The van der Waals surface area contributed by atoms with Crippen molar-refractivity contribution >= 4 is 26.7 Å². The van der Waals surface area contributed by atoms with Crippen LogP contribution in [0.15, 0.2) is 29.4 Å². The number of hydrogen-bond acceptors (Lipinski definition) is 4. The maximum absolute atomic E-state index is 10.9. The Morgan fingerprint density at radius 2 is 2.31 bits per heavy atom. The van der Waals surface area contributed by atoms with E-state index >= 15 is 0 Å². The van der Waals surface area contributed by atoms with Gasteiger partial charge in [-0.3, -0.25) is 4.79 Å². The topological polar surface area (TPSA) is 30.0 Å².